The van der Waals surface area contributed by atoms with E-state index in [0.717, 1.165) is 42.8 Å². The highest BCUT2D eigenvalue weighted by atomic mass is 32.1. The van der Waals surface area contributed by atoms with Gasteiger partial charge in [0, 0.05) is 29.7 Å². The lowest BCUT2D eigenvalue weighted by molar-refractivity contribution is 0.400. The highest BCUT2D eigenvalue weighted by Gasteiger charge is 2.22. The van der Waals surface area contributed by atoms with E-state index in [4.69, 9.17) is 4.98 Å². The maximum atomic E-state index is 12.9. The van der Waals surface area contributed by atoms with Crippen LogP contribution in [0.3, 0.4) is 0 Å². The maximum absolute atomic E-state index is 12.9. The molecule has 1 N–H and O–H groups in total. The SMILES string of the molecule is O=c1[nH]c(N2CCC(Cc3ccccc3)CC2)nc2nccc(-c3cccs3)c12. The van der Waals surface area contributed by atoms with Gasteiger partial charge in [-0.3, -0.25) is 9.78 Å². The van der Waals surface area contributed by atoms with Gasteiger partial charge in [-0.05, 0) is 48.3 Å². The third kappa shape index (κ3) is 3.68. The second kappa shape index (κ2) is 7.79. The summed E-state index contributed by atoms with van der Waals surface area (Å²) in [6.45, 7) is 1.80. The van der Waals surface area contributed by atoms with Crippen molar-refractivity contribution in [3.05, 3.63) is 76.0 Å². The molecule has 0 atom stereocenters. The number of piperidine rings is 1. The molecule has 5 rings (SSSR count). The molecule has 1 fully saturated rings. The molecule has 0 amide bonds. The molecule has 4 heterocycles. The summed E-state index contributed by atoms with van der Waals surface area (Å²) in [6.07, 6.45) is 5.04. The molecule has 0 bridgehead atoms. The maximum Gasteiger partial charge on any atom is 0.262 e. The van der Waals surface area contributed by atoms with Gasteiger partial charge in [0.05, 0.1) is 5.39 Å². The van der Waals surface area contributed by atoms with Gasteiger partial charge in [-0.1, -0.05) is 36.4 Å². The highest BCUT2D eigenvalue weighted by Crippen LogP contribution is 2.29. The first-order valence-electron chi connectivity index (χ1n) is 10.00. The Morgan fingerprint density at radius 1 is 1.07 bits per heavy atom. The van der Waals surface area contributed by atoms with E-state index in [0.29, 0.717) is 22.9 Å². The van der Waals surface area contributed by atoms with E-state index in [1.807, 2.05) is 23.6 Å². The van der Waals surface area contributed by atoms with Crippen molar-refractivity contribution in [1.82, 2.24) is 15.0 Å². The number of anilines is 1. The minimum atomic E-state index is -0.118. The van der Waals surface area contributed by atoms with Crippen LogP contribution in [0.25, 0.3) is 21.5 Å². The number of nitrogens with zero attached hydrogens (tertiary/aromatic N) is 3. The molecule has 5 nitrogen and oxygen atoms in total. The molecule has 0 spiro atoms. The number of aromatic nitrogens is 3. The van der Waals surface area contributed by atoms with E-state index in [-0.39, 0.29) is 5.56 Å². The van der Waals surface area contributed by atoms with Crippen molar-refractivity contribution >= 4 is 28.3 Å². The molecule has 0 radical (unpaired) electrons. The smallest absolute Gasteiger partial charge is 0.262 e. The van der Waals surface area contributed by atoms with Gasteiger partial charge in [0.25, 0.3) is 5.56 Å². The molecular formula is C23H22N4OS. The second-order valence-electron chi connectivity index (χ2n) is 7.54. The minimum Gasteiger partial charge on any atom is -0.342 e. The summed E-state index contributed by atoms with van der Waals surface area (Å²) in [7, 11) is 0. The van der Waals surface area contributed by atoms with Crippen LogP contribution >= 0.6 is 11.3 Å². The standard InChI is InChI=1S/C23H22N4OS/c28-22-20-18(19-7-4-14-29-19)8-11-24-21(20)25-23(26-22)27-12-9-17(10-13-27)15-16-5-2-1-3-6-16/h1-8,11,14,17H,9-10,12-13,15H2,(H,24,25,26,28). The number of benzene rings is 1. The number of nitrogens with one attached hydrogen (secondary N) is 1. The first-order valence-corrected chi connectivity index (χ1v) is 10.9. The van der Waals surface area contributed by atoms with Crippen LogP contribution < -0.4 is 10.5 Å². The van der Waals surface area contributed by atoms with Gasteiger partial charge in [-0.25, -0.2) is 4.98 Å². The Morgan fingerprint density at radius 3 is 2.66 bits per heavy atom. The average Bonchev–Trinajstić information content (AvgIpc) is 3.29. The summed E-state index contributed by atoms with van der Waals surface area (Å²) in [4.78, 5) is 28.2. The van der Waals surface area contributed by atoms with Crippen LogP contribution in [0.2, 0.25) is 0 Å². The molecule has 29 heavy (non-hydrogen) atoms. The predicted octanol–water partition coefficient (Wildman–Crippen LogP) is 4.51. The molecule has 3 aromatic heterocycles. The zero-order chi connectivity index (χ0) is 19.6. The summed E-state index contributed by atoms with van der Waals surface area (Å²) in [5.41, 5.74) is 2.69. The van der Waals surface area contributed by atoms with Crippen molar-refractivity contribution in [2.75, 3.05) is 18.0 Å². The second-order valence-corrected chi connectivity index (χ2v) is 8.49. The highest BCUT2D eigenvalue weighted by molar-refractivity contribution is 7.13. The fourth-order valence-corrected chi connectivity index (χ4v) is 4.89. The quantitative estimate of drug-likeness (QED) is 0.546. The van der Waals surface area contributed by atoms with Gasteiger partial charge in [-0.2, -0.15) is 4.98 Å². The fourth-order valence-electron chi connectivity index (χ4n) is 4.13. The molecule has 1 aromatic carbocycles. The molecule has 4 aromatic rings. The molecule has 0 saturated carbocycles. The van der Waals surface area contributed by atoms with Crippen molar-refractivity contribution < 1.29 is 0 Å². The minimum absolute atomic E-state index is 0.118. The number of thiophene rings is 1. The van der Waals surface area contributed by atoms with E-state index in [1.165, 1.54) is 5.56 Å². The number of fused-ring (bicyclic) bond motifs is 1. The normalized spacial score (nSPS) is 15.1. The lowest BCUT2D eigenvalue weighted by Crippen LogP contribution is -2.36. The van der Waals surface area contributed by atoms with Crippen molar-refractivity contribution in [3.63, 3.8) is 0 Å². The van der Waals surface area contributed by atoms with Crippen LogP contribution in [0.1, 0.15) is 18.4 Å². The number of pyridine rings is 1. The molecule has 146 valence electrons. The zero-order valence-corrected chi connectivity index (χ0v) is 16.9. The lowest BCUT2D eigenvalue weighted by Gasteiger charge is -2.32. The Balaban J connectivity index is 1.37. The van der Waals surface area contributed by atoms with Crippen LogP contribution in [0.5, 0.6) is 0 Å². The van der Waals surface area contributed by atoms with Crippen molar-refractivity contribution in [2.24, 2.45) is 5.92 Å². The van der Waals surface area contributed by atoms with Gasteiger partial charge in [0.1, 0.15) is 0 Å². The third-order valence-electron chi connectivity index (χ3n) is 5.66. The molecule has 1 aliphatic heterocycles. The number of rotatable bonds is 4. The van der Waals surface area contributed by atoms with E-state index >= 15 is 0 Å². The van der Waals surface area contributed by atoms with Gasteiger partial charge in [0.15, 0.2) is 5.65 Å². The van der Waals surface area contributed by atoms with Crippen molar-refractivity contribution in [2.45, 2.75) is 19.3 Å². The van der Waals surface area contributed by atoms with Crippen molar-refractivity contribution in [3.8, 4) is 10.4 Å². The summed E-state index contributed by atoms with van der Waals surface area (Å²) in [5.74, 6) is 1.31. The number of H-pyrrole nitrogens is 1. The van der Waals surface area contributed by atoms with Crippen LogP contribution in [-0.4, -0.2) is 28.0 Å². The monoisotopic (exact) mass is 402 g/mol. The van der Waals surface area contributed by atoms with Gasteiger partial charge in [-0.15, -0.1) is 11.3 Å². The van der Waals surface area contributed by atoms with E-state index in [9.17, 15) is 4.79 Å². The third-order valence-corrected chi connectivity index (χ3v) is 6.57. The van der Waals surface area contributed by atoms with Crippen LogP contribution in [0.4, 0.5) is 5.95 Å². The number of hydrogen-bond acceptors (Lipinski definition) is 5. The first-order chi connectivity index (χ1) is 14.3. The summed E-state index contributed by atoms with van der Waals surface area (Å²) >= 11 is 1.61. The van der Waals surface area contributed by atoms with Crippen LogP contribution in [0, 0.1) is 5.92 Å². The van der Waals surface area contributed by atoms with Gasteiger partial charge >= 0.3 is 0 Å². The molecule has 0 unspecified atom stereocenters. The molecule has 1 aliphatic rings. The largest absolute Gasteiger partial charge is 0.342 e. The Morgan fingerprint density at radius 2 is 1.90 bits per heavy atom. The Hall–Kier alpha value is -2.99. The number of aromatic amines is 1. The predicted molar refractivity (Wildman–Crippen MR) is 119 cm³/mol. The van der Waals surface area contributed by atoms with Crippen LogP contribution in [0.15, 0.2) is 64.9 Å². The Kier molecular flexibility index (Phi) is 4.86. The van der Waals surface area contributed by atoms with Gasteiger partial charge in [0.2, 0.25) is 5.95 Å². The fraction of sp³-hybridized carbons (Fsp3) is 0.261. The first kappa shape index (κ1) is 18.1. The summed E-state index contributed by atoms with van der Waals surface area (Å²) < 4.78 is 0. The molecule has 6 heteroatoms. The van der Waals surface area contributed by atoms with Gasteiger partial charge < -0.3 is 4.90 Å². The van der Waals surface area contributed by atoms with E-state index < -0.39 is 0 Å². The number of hydrogen-bond donors (Lipinski definition) is 1. The van der Waals surface area contributed by atoms with E-state index in [2.05, 4.69) is 45.2 Å². The van der Waals surface area contributed by atoms with Crippen LogP contribution in [-0.2, 0) is 6.42 Å². The van der Waals surface area contributed by atoms with E-state index in [1.54, 1.807) is 17.5 Å². The Bertz CT molecular complexity index is 1160. The zero-order valence-electron chi connectivity index (χ0n) is 16.0. The lowest BCUT2D eigenvalue weighted by atomic mass is 9.90. The topological polar surface area (TPSA) is 61.9 Å². The summed E-state index contributed by atoms with van der Waals surface area (Å²) in [5, 5.41) is 2.58. The van der Waals surface area contributed by atoms with Crippen molar-refractivity contribution in [1.29, 1.82) is 0 Å². The molecule has 1 saturated heterocycles. The average molecular weight is 403 g/mol. The summed E-state index contributed by atoms with van der Waals surface area (Å²) in [6, 6.07) is 16.6. The Labute approximate surface area is 173 Å². The molecular weight excluding hydrogens is 380 g/mol. The molecule has 0 aliphatic carbocycles.